The molecule has 542 valence electrons. The molecule has 24 nitrogen and oxygen atoms in total. The molecule has 0 aliphatic carbocycles. The van der Waals surface area contributed by atoms with Gasteiger partial charge in [-0.25, -0.2) is 29.9 Å². The van der Waals surface area contributed by atoms with E-state index in [1.807, 2.05) is 78.4 Å². The average molecular weight is 1430 g/mol. The minimum absolute atomic E-state index is 0. The number of aliphatic carboxylic acids is 3. The predicted octanol–water partition coefficient (Wildman–Crippen LogP) is 11.5. The summed E-state index contributed by atoms with van der Waals surface area (Å²) in [4.78, 5) is 105. The van der Waals surface area contributed by atoms with Crippen molar-refractivity contribution in [1.29, 1.82) is 0 Å². The lowest BCUT2D eigenvalue weighted by molar-refractivity contribution is -0.138. The molecular weight excluding hydrogens is 1320 g/mol. The Morgan fingerprint density at radius 3 is 0.981 bits per heavy atom. The SMILES string of the molecule is C.[2H]C([2H])(C(=O)O)c1c(N(C)C)nc(Cc2ccc(NC(=O)c3ccc(C)cc3)cc2)nc1N(C([2H])([2H])[2H])C([2H])([2H])[2H].[2H]N(C(=O)c1ccc(C(F)(F)F)cc1)c1ccc(Cc2nc(N(C)C)c(CC(=O)O)c(N(C([2H])([2H])[2H])C([2H])([2H])[2H])n2)cc1.[2H]N(C(=O)c1ccc(C)cc1)c1ccc(Cc2nc(N(C)C)c(CC(=O)O)c(N(C)C)n2)cc1. The number of halogens is 3. The molecule has 0 atom stereocenters. The van der Waals surface area contributed by atoms with Gasteiger partial charge in [-0.05, 0) is 115 Å². The Labute approximate surface area is 620 Å². The number of alkyl halides is 3. The molecule has 0 unspecified atom stereocenters. The van der Waals surface area contributed by atoms with Crippen LogP contribution in [0.2, 0.25) is 2.82 Å². The Balaban J connectivity index is 0.000000278. The number of hydrogen-bond acceptors (Lipinski definition) is 18. The van der Waals surface area contributed by atoms with Crippen molar-refractivity contribution in [2.24, 2.45) is 0 Å². The first-order valence-corrected chi connectivity index (χ1v) is 30.8. The highest BCUT2D eigenvalue weighted by Crippen LogP contribution is 2.32. The van der Waals surface area contributed by atoms with Crippen molar-refractivity contribution in [2.45, 2.75) is 65.9 Å². The largest absolute Gasteiger partial charge is 0.481 e. The number of carbonyl (C=O) groups is 6. The van der Waals surface area contributed by atoms with E-state index in [1.165, 1.54) is 62.3 Å². The molecule has 3 heterocycles. The Kier molecular flexibility index (Phi) is 20.4. The summed E-state index contributed by atoms with van der Waals surface area (Å²) in [5.41, 5.74) is 4.47. The lowest BCUT2D eigenvalue weighted by Gasteiger charge is -2.22. The van der Waals surface area contributed by atoms with Crippen molar-refractivity contribution in [3.05, 3.63) is 230 Å². The average Bonchev–Trinajstić information content (AvgIpc) is 0.743. The van der Waals surface area contributed by atoms with Crippen LogP contribution in [0.1, 0.15) is 125 Å². The number of hydrogen-bond donors (Lipinski definition) is 6. The summed E-state index contributed by atoms with van der Waals surface area (Å²) in [7, 11) is 13.2. The van der Waals surface area contributed by atoms with Crippen molar-refractivity contribution >= 4 is 87.6 Å². The van der Waals surface area contributed by atoms with Crippen molar-refractivity contribution in [3.63, 3.8) is 0 Å². The number of anilines is 9. The van der Waals surface area contributed by atoms with Crippen LogP contribution in [-0.2, 0) is 59.0 Å². The lowest BCUT2D eigenvalue weighted by Crippen LogP contribution is -2.22. The maximum atomic E-state index is 12.8. The third kappa shape index (κ3) is 23.0. The molecule has 103 heavy (non-hydrogen) atoms. The van der Waals surface area contributed by atoms with Crippen LogP contribution >= 0.6 is 0 Å². The van der Waals surface area contributed by atoms with Gasteiger partial charge in [-0.2, -0.15) is 13.2 Å². The van der Waals surface area contributed by atoms with E-state index in [0.29, 0.717) is 68.4 Å². The van der Waals surface area contributed by atoms with Crippen LogP contribution in [0.3, 0.4) is 0 Å². The first kappa shape index (κ1) is 58.7. The number of nitrogens with zero attached hydrogens (tertiary/aromatic N) is 12. The molecule has 0 aliphatic rings. The van der Waals surface area contributed by atoms with Gasteiger partial charge in [0, 0.05) is 173 Å². The zero-order valence-electron chi connectivity index (χ0n) is 73.1. The van der Waals surface area contributed by atoms with Gasteiger partial charge in [0.1, 0.15) is 52.4 Å². The normalized spacial score (nSPS) is 13.6. The first-order chi connectivity index (χ1) is 54.6. The number of carbonyl (C=O) groups excluding carboxylic acids is 3. The van der Waals surface area contributed by atoms with E-state index < -0.39 is 99.4 Å². The highest BCUT2D eigenvalue weighted by atomic mass is 19.4. The number of amides is 3. The minimum Gasteiger partial charge on any atom is -0.481 e. The van der Waals surface area contributed by atoms with E-state index in [9.17, 15) is 57.3 Å². The highest BCUT2D eigenvalue weighted by Gasteiger charge is 2.31. The van der Waals surface area contributed by atoms with Crippen molar-refractivity contribution in [1.82, 2.24) is 29.9 Å². The quantitative estimate of drug-likeness (QED) is 0.0328. The van der Waals surface area contributed by atoms with Gasteiger partial charge in [-0.3, -0.25) is 28.8 Å². The molecule has 0 aliphatic heterocycles. The summed E-state index contributed by atoms with van der Waals surface area (Å²) in [5, 5.41) is 32.6. The first-order valence-electron chi connectivity index (χ1n) is 38.7. The van der Waals surface area contributed by atoms with Crippen LogP contribution < -0.4 is 45.3 Å². The van der Waals surface area contributed by atoms with Crippen LogP contribution in [0.5, 0.6) is 0 Å². The van der Waals surface area contributed by atoms with Crippen LogP contribution in [0.15, 0.2) is 146 Å². The summed E-state index contributed by atoms with van der Waals surface area (Å²) in [6.07, 6.45) is -8.46. The Hall–Kier alpha value is -12.0. The minimum atomic E-state index is -4.58. The summed E-state index contributed by atoms with van der Waals surface area (Å²) in [6, 6.07) is 37.0. The summed E-state index contributed by atoms with van der Waals surface area (Å²) < 4.78 is 165. The molecule has 6 N–H and O–H groups in total. The van der Waals surface area contributed by atoms with Gasteiger partial charge in [0.15, 0.2) is 2.82 Å². The van der Waals surface area contributed by atoms with E-state index in [4.69, 9.17) is 22.0 Å². The fraction of sp³-hybridized carbons (Fsp3) is 0.289. The summed E-state index contributed by atoms with van der Waals surface area (Å²) in [5.74, 6) is -6.09. The lowest BCUT2D eigenvalue weighted by atomic mass is 10.1. The molecule has 0 saturated carbocycles. The van der Waals surface area contributed by atoms with Gasteiger partial charge in [0.2, 0.25) is 0 Å². The van der Waals surface area contributed by atoms with Crippen LogP contribution in [0.25, 0.3) is 0 Å². The van der Waals surface area contributed by atoms with Crippen LogP contribution in [0.4, 0.5) is 65.1 Å². The predicted molar refractivity (Wildman–Crippen MR) is 398 cm³/mol. The second-order valence-corrected chi connectivity index (χ2v) is 23.7. The highest BCUT2D eigenvalue weighted by molar-refractivity contribution is 6.05. The Bertz CT molecular complexity index is 5030. The maximum absolute atomic E-state index is 12.8. The summed E-state index contributed by atoms with van der Waals surface area (Å²) >= 11 is 0. The number of benzene rings is 6. The fourth-order valence-electron chi connectivity index (χ4n) is 9.74. The van der Waals surface area contributed by atoms with E-state index in [-0.39, 0.29) is 82.5 Å². The molecule has 6 aromatic carbocycles. The molecule has 0 saturated heterocycles. The number of carboxylic acids is 3. The number of carboxylic acid groups (broad SMARTS) is 3. The monoisotopic (exact) mass is 1430 g/mol. The molecule has 9 rings (SSSR count). The molecule has 3 amide bonds. The standard InChI is InChI=1S/C25H26F3N5O3.2C25H29N5O3.CH4/c1-32(2)22-19(14-21(34)35)23(33(3)4)31-20(30-22)13-15-5-11-18(12-6-15)29-24(36)16-7-9-17(10-8-16)25(26,27)28;2*1-16-6-10-18(11-7-16)25(33)26-19-12-8-17(9-13-19)14-21-27-23(29(2)3)20(15-22(31)32)24(28-21)30(4)5;/h5-12H,13-14H2,1-4H3,(H,29,36)(H,34,35);2*6-13H,14-15H2,1-5H3,(H,26,33)(H,31,32);1H4/i1D3,2D3;2D3,3D3,15D2;;/hD2. The molecule has 0 spiro atoms. The van der Waals surface area contributed by atoms with Gasteiger partial charge < -0.3 is 60.7 Å². The van der Waals surface area contributed by atoms with E-state index >= 15 is 0 Å². The maximum Gasteiger partial charge on any atom is 0.416 e. The van der Waals surface area contributed by atoms with Gasteiger partial charge in [0.05, 0.1) is 24.8 Å². The Morgan fingerprint density at radius 1 is 0.408 bits per heavy atom. The zero-order valence-corrected chi connectivity index (χ0v) is 57.1. The number of nitrogens with one attached hydrogen (secondary N) is 3. The van der Waals surface area contributed by atoms with Crippen molar-refractivity contribution < 1.29 is 79.3 Å². The molecule has 0 fully saturated rings. The number of aromatic nitrogens is 6. The van der Waals surface area contributed by atoms with E-state index in [0.717, 1.165) is 46.3 Å². The second-order valence-electron chi connectivity index (χ2n) is 23.7. The number of rotatable bonds is 24. The van der Waals surface area contributed by atoms with Gasteiger partial charge in [-0.1, -0.05) is 79.2 Å². The van der Waals surface area contributed by atoms with Crippen LogP contribution in [0, 0.1) is 13.8 Å². The third-order valence-electron chi connectivity index (χ3n) is 14.6. The fourth-order valence-corrected chi connectivity index (χ4v) is 9.74. The summed E-state index contributed by atoms with van der Waals surface area (Å²) in [6.45, 7) is -9.24. The van der Waals surface area contributed by atoms with Crippen molar-refractivity contribution in [3.8, 4) is 0 Å². The molecular formula is C76H88F3N15O9. The van der Waals surface area contributed by atoms with E-state index in [1.54, 1.807) is 70.5 Å². The molecule has 0 bridgehead atoms. The molecule has 27 heteroatoms. The zero-order chi connectivity index (χ0) is 88.4. The van der Waals surface area contributed by atoms with Gasteiger partial charge in [0.25, 0.3) is 17.7 Å². The third-order valence-corrected chi connectivity index (χ3v) is 14.6. The number of aryl methyl sites for hydroxylation is 2. The van der Waals surface area contributed by atoms with Crippen molar-refractivity contribution in [2.75, 3.05) is 130 Å². The molecule has 0 radical (unpaired) electrons. The molecule has 9 aromatic rings. The smallest absolute Gasteiger partial charge is 0.416 e. The molecule has 3 aromatic heterocycles. The van der Waals surface area contributed by atoms with Crippen LogP contribution in [-0.4, -0.2) is 165 Å². The van der Waals surface area contributed by atoms with E-state index in [2.05, 4.69) is 35.2 Å². The van der Waals surface area contributed by atoms with Gasteiger partial charge in [-0.15, -0.1) is 0 Å². The van der Waals surface area contributed by atoms with Gasteiger partial charge >= 0.3 is 24.1 Å². The topological polar surface area (TPSA) is 296 Å². The second kappa shape index (κ2) is 35.8. The Morgan fingerprint density at radius 2 is 0.689 bits per heavy atom.